The highest BCUT2D eigenvalue weighted by molar-refractivity contribution is 5.99. The molecule has 0 atom stereocenters. The van der Waals surface area contributed by atoms with Gasteiger partial charge in [0.1, 0.15) is 0 Å². The minimum Gasteiger partial charge on any atom is -0.459 e. The second kappa shape index (κ2) is 8.20. The third-order valence-corrected chi connectivity index (χ3v) is 4.91. The summed E-state index contributed by atoms with van der Waals surface area (Å²) in [6.07, 6.45) is 1.87. The number of hydrogen-bond acceptors (Lipinski definition) is 4. The van der Waals surface area contributed by atoms with E-state index in [2.05, 4.69) is 0 Å². The number of amides is 2. The standard InChI is InChI=1S/C21H24N2O4/c1-15-5-6-16(2)17(14-15)18(24)7-8-20(25)22-9-11-23(12-10-22)21(26)19-4-3-13-27-19/h3-6,13-14H,7-12H2,1-2H3. The van der Waals surface area contributed by atoms with Crippen molar-refractivity contribution in [2.24, 2.45) is 0 Å². The van der Waals surface area contributed by atoms with E-state index in [1.165, 1.54) is 6.26 Å². The van der Waals surface area contributed by atoms with Crippen LogP contribution in [0.15, 0.2) is 41.0 Å². The minimum atomic E-state index is -0.155. The number of nitrogens with zero attached hydrogens (tertiary/aromatic N) is 2. The Bertz CT molecular complexity index is 834. The summed E-state index contributed by atoms with van der Waals surface area (Å²) < 4.78 is 5.14. The normalized spacial score (nSPS) is 14.3. The molecule has 2 heterocycles. The van der Waals surface area contributed by atoms with Crippen LogP contribution in [-0.4, -0.2) is 53.6 Å². The second-order valence-electron chi connectivity index (χ2n) is 6.89. The molecule has 0 radical (unpaired) electrons. The van der Waals surface area contributed by atoms with Gasteiger partial charge in [-0.2, -0.15) is 0 Å². The van der Waals surface area contributed by atoms with Crippen molar-refractivity contribution in [3.05, 3.63) is 59.0 Å². The summed E-state index contributed by atoms with van der Waals surface area (Å²) >= 11 is 0. The molecule has 0 saturated carbocycles. The van der Waals surface area contributed by atoms with E-state index in [0.29, 0.717) is 37.5 Å². The second-order valence-corrected chi connectivity index (χ2v) is 6.89. The Morgan fingerprint density at radius 3 is 2.33 bits per heavy atom. The zero-order valence-electron chi connectivity index (χ0n) is 15.7. The fraction of sp³-hybridized carbons (Fsp3) is 0.381. The number of hydrogen-bond donors (Lipinski definition) is 0. The number of ketones is 1. The van der Waals surface area contributed by atoms with Gasteiger partial charge in [-0.15, -0.1) is 0 Å². The summed E-state index contributed by atoms with van der Waals surface area (Å²) in [4.78, 5) is 40.5. The zero-order valence-corrected chi connectivity index (χ0v) is 15.7. The molecule has 1 saturated heterocycles. The van der Waals surface area contributed by atoms with Gasteiger partial charge in [-0.05, 0) is 37.6 Å². The van der Waals surface area contributed by atoms with E-state index < -0.39 is 0 Å². The number of Topliss-reactive ketones (excluding diaryl/α,β-unsaturated/α-hetero) is 1. The minimum absolute atomic E-state index is 0.00353. The van der Waals surface area contributed by atoms with Gasteiger partial charge < -0.3 is 14.2 Å². The number of carbonyl (C=O) groups excluding carboxylic acids is 3. The average molecular weight is 368 g/mol. The maximum atomic E-state index is 12.4. The van der Waals surface area contributed by atoms with Crippen molar-refractivity contribution in [3.8, 4) is 0 Å². The summed E-state index contributed by atoms with van der Waals surface area (Å²) in [6, 6.07) is 9.10. The maximum absolute atomic E-state index is 12.4. The summed E-state index contributed by atoms with van der Waals surface area (Å²) in [5.41, 5.74) is 2.66. The lowest BCUT2D eigenvalue weighted by Crippen LogP contribution is -2.50. The molecule has 142 valence electrons. The number of rotatable bonds is 5. The molecule has 1 aromatic carbocycles. The van der Waals surface area contributed by atoms with E-state index in [0.717, 1.165) is 11.1 Å². The molecule has 0 bridgehead atoms. The Labute approximate surface area is 158 Å². The van der Waals surface area contributed by atoms with Crippen LogP contribution >= 0.6 is 0 Å². The molecular weight excluding hydrogens is 344 g/mol. The van der Waals surface area contributed by atoms with E-state index in [1.807, 2.05) is 32.0 Å². The molecule has 27 heavy (non-hydrogen) atoms. The van der Waals surface area contributed by atoms with E-state index in [1.54, 1.807) is 21.9 Å². The van der Waals surface area contributed by atoms with Crippen molar-refractivity contribution in [1.29, 1.82) is 0 Å². The van der Waals surface area contributed by atoms with Crippen LogP contribution in [0.1, 0.15) is 44.9 Å². The zero-order chi connectivity index (χ0) is 19.4. The van der Waals surface area contributed by atoms with E-state index in [9.17, 15) is 14.4 Å². The molecule has 1 aromatic heterocycles. The number of piperazine rings is 1. The summed E-state index contributed by atoms with van der Waals surface area (Å²) in [5, 5.41) is 0. The van der Waals surface area contributed by atoms with E-state index in [-0.39, 0.29) is 30.4 Å². The van der Waals surface area contributed by atoms with Crippen molar-refractivity contribution >= 4 is 17.6 Å². The molecule has 6 nitrogen and oxygen atoms in total. The highest BCUT2D eigenvalue weighted by atomic mass is 16.3. The van der Waals surface area contributed by atoms with Gasteiger partial charge in [0.15, 0.2) is 11.5 Å². The van der Waals surface area contributed by atoms with Crippen molar-refractivity contribution in [3.63, 3.8) is 0 Å². The first-order valence-electron chi connectivity index (χ1n) is 9.16. The first-order valence-corrected chi connectivity index (χ1v) is 9.16. The van der Waals surface area contributed by atoms with Crippen LogP contribution in [-0.2, 0) is 4.79 Å². The number of aryl methyl sites for hydroxylation is 2. The lowest BCUT2D eigenvalue weighted by molar-refractivity contribution is -0.132. The molecule has 2 aromatic rings. The quantitative estimate of drug-likeness (QED) is 0.761. The van der Waals surface area contributed by atoms with Gasteiger partial charge in [-0.1, -0.05) is 17.7 Å². The van der Waals surface area contributed by atoms with Crippen LogP contribution in [0.2, 0.25) is 0 Å². The van der Waals surface area contributed by atoms with Crippen LogP contribution in [0.3, 0.4) is 0 Å². The van der Waals surface area contributed by atoms with Gasteiger partial charge >= 0.3 is 0 Å². The largest absolute Gasteiger partial charge is 0.459 e. The Hall–Kier alpha value is -2.89. The van der Waals surface area contributed by atoms with Gasteiger partial charge in [-0.3, -0.25) is 14.4 Å². The monoisotopic (exact) mass is 368 g/mol. The third kappa shape index (κ3) is 4.45. The smallest absolute Gasteiger partial charge is 0.289 e. The van der Waals surface area contributed by atoms with Crippen molar-refractivity contribution in [1.82, 2.24) is 9.80 Å². The fourth-order valence-electron chi connectivity index (χ4n) is 3.26. The lowest BCUT2D eigenvalue weighted by Gasteiger charge is -2.34. The predicted molar refractivity (Wildman–Crippen MR) is 101 cm³/mol. The number of benzene rings is 1. The molecule has 0 unspecified atom stereocenters. The van der Waals surface area contributed by atoms with Crippen molar-refractivity contribution < 1.29 is 18.8 Å². The Balaban J connectivity index is 1.49. The average Bonchev–Trinajstić information content (AvgIpc) is 3.22. The molecule has 1 aliphatic rings. The van der Waals surface area contributed by atoms with Gasteiger partial charge in [0.2, 0.25) is 5.91 Å². The first kappa shape index (κ1) is 18.9. The highest BCUT2D eigenvalue weighted by Gasteiger charge is 2.26. The van der Waals surface area contributed by atoms with Gasteiger partial charge in [0.25, 0.3) is 5.91 Å². The molecule has 1 aliphatic heterocycles. The SMILES string of the molecule is Cc1ccc(C)c(C(=O)CCC(=O)N2CCN(C(=O)c3ccco3)CC2)c1. The lowest BCUT2D eigenvalue weighted by atomic mass is 9.99. The van der Waals surface area contributed by atoms with Crippen LogP contribution in [0, 0.1) is 13.8 Å². The number of furan rings is 1. The van der Waals surface area contributed by atoms with E-state index >= 15 is 0 Å². The molecule has 0 spiro atoms. The molecule has 6 heteroatoms. The fourth-order valence-corrected chi connectivity index (χ4v) is 3.26. The molecule has 0 aliphatic carbocycles. The van der Waals surface area contributed by atoms with Gasteiger partial charge in [0, 0.05) is 44.6 Å². The highest BCUT2D eigenvalue weighted by Crippen LogP contribution is 2.15. The summed E-state index contributed by atoms with van der Waals surface area (Å²) in [7, 11) is 0. The van der Waals surface area contributed by atoms with Gasteiger partial charge in [0.05, 0.1) is 6.26 Å². The molecule has 0 N–H and O–H groups in total. The Morgan fingerprint density at radius 1 is 0.963 bits per heavy atom. The van der Waals surface area contributed by atoms with Crippen LogP contribution in [0.25, 0.3) is 0 Å². The van der Waals surface area contributed by atoms with Crippen molar-refractivity contribution in [2.45, 2.75) is 26.7 Å². The van der Waals surface area contributed by atoms with Crippen LogP contribution in [0.4, 0.5) is 0 Å². The number of carbonyl (C=O) groups is 3. The van der Waals surface area contributed by atoms with Gasteiger partial charge in [-0.25, -0.2) is 0 Å². The van der Waals surface area contributed by atoms with Crippen molar-refractivity contribution in [2.75, 3.05) is 26.2 Å². The van der Waals surface area contributed by atoms with Crippen LogP contribution in [0.5, 0.6) is 0 Å². The Kier molecular flexibility index (Phi) is 5.74. The molecule has 3 rings (SSSR count). The topological polar surface area (TPSA) is 70.8 Å². The molecule has 2 amide bonds. The van der Waals surface area contributed by atoms with E-state index in [4.69, 9.17) is 4.42 Å². The molecular formula is C21H24N2O4. The first-order chi connectivity index (χ1) is 13.0. The summed E-state index contributed by atoms with van der Waals surface area (Å²) in [6.45, 7) is 5.74. The maximum Gasteiger partial charge on any atom is 0.289 e. The Morgan fingerprint density at radius 2 is 1.67 bits per heavy atom. The predicted octanol–water partition coefficient (Wildman–Crippen LogP) is 2.84. The third-order valence-electron chi connectivity index (χ3n) is 4.91. The van der Waals surface area contributed by atoms with Crippen LogP contribution < -0.4 is 0 Å². The summed E-state index contributed by atoms with van der Waals surface area (Å²) in [5.74, 6) is 0.112. The molecule has 1 fully saturated rings.